The first-order valence-electron chi connectivity index (χ1n) is 39.2. The number of nitrogens with one attached hydrogen (secondary N) is 3. The summed E-state index contributed by atoms with van der Waals surface area (Å²) in [5, 5.41) is 84.2. The first-order chi connectivity index (χ1) is 61.7. The lowest BCUT2D eigenvalue weighted by Crippen LogP contribution is -2.02. The summed E-state index contributed by atoms with van der Waals surface area (Å²) >= 11 is 28.1. The van der Waals surface area contributed by atoms with Gasteiger partial charge in [0.2, 0.25) is 9.84 Å². The summed E-state index contributed by atoms with van der Waals surface area (Å²) in [4.78, 5) is 117. The molecule has 0 bridgehead atoms. The molecule has 0 aliphatic carbocycles. The average molecular weight is 1940 g/mol. The number of nitrogen functional groups attached to an aromatic ring is 2. The molecule has 10 aromatic carbocycles. The quantitative estimate of drug-likeness (QED) is 0.00431. The molecule has 131 heavy (non-hydrogen) atoms. The number of hydrogen-bond donors (Lipinski definition) is 8. The summed E-state index contributed by atoms with van der Waals surface area (Å²) in [6.07, 6.45) is 9.90. The topological polar surface area (TPSA) is 553 Å². The lowest BCUT2D eigenvalue weighted by atomic mass is 10.0. The molecule has 42 heteroatoms. The molecule has 0 aliphatic heterocycles. The zero-order valence-corrected chi connectivity index (χ0v) is 78.2. The number of aromatic carboxylic acids is 1. The van der Waals surface area contributed by atoms with E-state index in [-0.39, 0.29) is 83.0 Å². The molecule has 0 unspecified atom stereocenters. The van der Waals surface area contributed by atoms with Crippen LogP contribution in [0.3, 0.4) is 0 Å². The molecule has 0 aliphatic rings. The van der Waals surface area contributed by atoms with Crippen molar-refractivity contribution in [3.8, 4) is 11.5 Å². The Labute approximate surface area is 780 Å². The fraction of sp³-hybridized carbons (Fsp3) is 0.236. The molecule has 3 aromatic heterocycles. The second-order valence-electron chi connectivity index (χ2n) is 27.9. The normalized spacial score (nSPS) is 10.2. The van der Waals surface area contributed by atoms with Gasteiger partial charge < -0.3 is 55.7 Å². The van der Waals surface area contributed by atoms with Crippen molar-refractivity contribution in [1.82, 2.24) is 15.0 Å². The van der Waals surface area contributed by atoms with E-state index >= 15 is 0 Å². The van der Waals surface area contributed by atoms with E-state index in [0.717, 1.165) is 107 Å². The number of phenols is 2. The largest absolute Gasteiger partial charge is 0.506 e. The van der Waals surface area contributed by atoms with Crippen molar-refractivity contribution < 1.29 is 85.6 Å². The molecular weight excluding hydrogens is 1840 g/mol. The summed E-state index contributed by atoms with van der Waals surface area (Å²) in [5.41, 5.74) is 23.5. The molecule has 0 saturated heterocycles. The van der Waals surface area contributed by atoms with Gasteiger partial charge in [0.05, 0.1) is 52.8 Å². The molecule has 0 saturated carbocycles. The van der Waals surface area contributed by atoms with Gasteiger partial charge in [-0.25, -0.2) is 18.2 Å². The summed E-state index contributed by atoms with van der Waals surface area (Å²) in [7, 11) is 0.0665. The number of oxazole rings is 3. The number of aromatic hydroxyl groups is 2. The molecule has 10 N–H and O–H groups in total. The third-order valence-corrected chi connectivity index (χ3v) is 20.2. The number of hydrogen-bond acceptors (Lipinski definition) is 30. The maximum Gasteiger partial charge on any atom is 0.335 e. The van der Waals surface area contributed by atoms with Crippen molar-refractivity contribution in [2.75, 3.05) is 48.7 Å². The van der Waals surface area contributed by atoms with E-state index in [4.69, 9.17) is 98.7 Å². The maximum atomic E-state index is 11.7. The monoisotopic (exact) mass is 1930 g/mol. The van der Waals surface area contributed by atoms with Crippen LogP contribution in [0.5, 0.6) is 11.5 Å². The highest BCUT2D eigenvalue weighted by Crippen LogP contribution is 2.32. The minimum Gasteiger partial charge on any atom is -0.506 e. The van der Waals surface area contributed by atoms with Gasteiger partial charge in [0, 0.05) is 92.2 Å². The average Bonchev–Trinajstić information content (AvgIpc) is 1.66. The van der Waals surface area contributed by atoms with Gasteiger partial charge in [-0.1, -0.05) is 117 Å². The van der Waals surface area contributed by atoms with Gasteiger partial charge in [-0.2, -0.15) is 4.98 Å². The molecule has 13 aromatic rings. The fourth-order valence-electron chi connectivity index (χ4n) is 10.7. The van der Waals surface area contributed by atoms with Crippen LogP contribution >= 0.6 is 70.4 Å². The van der Waals surface area contributed by atoms with Crippen LogP contribution in [-0.2, 0) is 9.84 Å². The number of H-pyrrole nitrogens is 1. The zero-order chi connectivity index (χ0) is 98.3. The number of unbranched alkanes of at least 4 members (excludes halogenated alkanes) is 3. The standard InChI is InChI=1S/C12H16N2O3.C12H18N2O.C11H12ClNO3.C9H9NO3S.C9H9NOS.C8H7NOS.C7H3Cl2NO3.C7H4ClNO4.C7H7NO3.C7H9NO/c1-3-4-5-12(15)9-6-7-10(13-2)11(8-9)14(16)17;1-3-4-5-12(15)9-6-7-11(14-2)10(13)8-9;1-2-3-4-11(14)8-5-6-9(12)10(7-8)13(15)16;1-6-3-4-8-7(5-6)10-9(13-8)14(2,11)12;1-6-3-4-8-7(5-6)10-9(11-8)12-2;1-5-2-3-7-6(4-5)9-8(11)10-7;8-5-2-1-4(7(9)11)3-6(5)10(12)13;8-5-2-1-4(7(10)11)3-6(5)9(12)13;1-5-2-3-7(9)6(4-5)8(10)11;1-5-2-3-7(9)6(8)4-5/h6-8,13H,3-5H2,1-2H3;6-8,14H,3-5,13H2,1-2H3;5-7H,2-4H2,1H3;3-5H,1-2H3;3-5H,1-2H3;2-4H,1H3,(H,9,11);1-3H;1-3H,(H,10,11);2-4,9H,1H3;2-4,9H,8H2,1H3. The number of thioether (sulfide) groups is 1. The first kappa shape index (κ1) is 110. The predicted octanol–water partition coefficient (Wildman–Crippen LogP) is 24.0. The van der Waals surface area contributed by atoms with Gasteiger partial charge in [0.1, 0.15) is 37.5 Å². The van der Waals surface area contributed by atoms with Crippen molar-refractivity contribution in [2.45, 2.75) is 124 Å². The van der Waals surface area contributed by atoms with Crippen LogP contribution < -0.4 is 22.1 Å². The van der Waals surface area contributed by atoms with Gasteiger partial charge >= 0.3 is 16.9 Å². The number of carboxylic acid groups (broad SMARTS) is 1. The molecule has 13 rings (SSSR count). The number of nitrogens with zero attached hydrogens (tertiary/aromatic N) is 7. The van der Waals surface area contributed by atoms with Gasteiger partial charge in [-0.05, 0) is 233 Å². The Morgan fingerprint density at radius 2 is 0.840 bits per heavy atom. The van der Waals surface area contributed by atoms with Crippen LogP contribution in [0.1, 0.15) is 158 Å². The highest BCUT2D eigenvalue weighted by molar-refractivity contribution is 7.98. The Morgan fingerprint density at radius 3 is 1.25 bits per heavy atom. The lowest BCUT2D eigenvalue weighted by Gasteiger charge is -2.06. The number of halogens is 4. The fourth-order valence-corrected chi connectivity index (χ4v) is 12.4. The Hall–Kier alpha value is -13.8. The van der Waals surface area contributed by atoms with Gasteiger partial charge in [-0.3, -0.25) is 69.7 Å². The van der Waals surface area contributed by atoms with E-state index in [0.29, 0.717) is 69.0 Å². The summed E-state index contributed by atoms with van der Waals surface area (Å²) in [5.74, 6) is -1.31. The second kappa shape index (κ2) is 53.9. The number of sulfone groups is 1. The number of phenolic OH excluding ortho intramolecular Hbond substituents is 2. The number of anilines is 4. The number of nitro benzene ring substituents is 5. The number of ketones is 3. The number of carbonyl (C=O) groups is 5. The Kier molecular flexibility index (Phi) is 45.1. The van der Waals surface area contributed by atoms with Crippen LogP contribution in [0.15, 0.2) is 206 Å². The molecule has 0 fully saturated rings. The highest BCUT2D eigenvalue weighted by atomic mass is 35.5. The number of aryl methyl sites for hydroxylation is 5. The second-order valence-corrected chi connectivity index (χ2v) is 32.5. The summed E-state index contributed by atoms with van der Waals surface area (Å²) < 4.78 is 38.0. The number of rotatable bonds is 23. The number of aromatic nitrogens is 3. The summed E-state index contributed by atoms with van der Waals surface area (Å²) in [6.45, 7) is 15.7. The van der Waals surface area contributed by atoms with E-state index in [1.807, 2.05) is 116 Å². The molecule has 0 atom stereocenters. The van der Waals surface area contributed by atoms with E-state index in [1.165, 1.54) is 83.6 Å². The Bertz CT molecular complexity index is 6350. The van der Waals surface area contributed by atoms with E-state index in [9.17, 15) is 83.0 Å². The zero-order valence-electron chi connectivity index (χ0n) is 72.7. The third kappa shape index (κ3) is 36.4. The predicted molar refractivity (Wildman–Crippen MR) is 511 cm³/mol. The number of carbonyl (C=O) groups excluding carboxylic acids is 4. The number of fused-ring (bicyclic) bond motifs is 3. The molecule has 694 valence electrons. The lowest BCUT2D eigenvalue weighted by molar-refractivity contribution is -0.386. The van der Waals surface area contributed by atoms with E-state index in [2.05, 4.69) is 32.5 Å². The van der Waals surface area contributed by atoms with Crippen LogP contribution in [0, 0.1) is 90.0 Å². The number of nitrogens with two attached hydrogens (primary N) is 2. The van der Waals surface area contributed by atoms with Crippen LogP contribution in [-0.4, -0.2) is 118 Å². The third-order valence-electron chi connectivity index (χ3n) is 17.5. The first-order valence-corrected chi connectivity index (χ1v) is 44.2. The van der Waals surface area contributed by atoms with Gasteiger partial charge in [0.25, 0.3) is 38.1 Å². The van der Waals surface area contributed by atoms with E-state index < -0.39 is 51.4 Å². The smallest absolute Gasteiger partial charge is 0.335 e. The van der Waals surface area contributed by atoms with E-state index in [1.54, 1.807) is 62.5 Å². The summed E-state index contributed by atoms with van der Waals surface area (Å²) in [6, 6.07) is 47.7. The van der Waals surface area contributed by atoms with Crippen LogP contribution in [0.4, 0.5) is 51.2 Å². The number of carboxylic acids is 1. The Balaban J connectivity index is 0.000000306. The van der Waals surface area contributed by atoms with Crippen molar-refractivity contribution in [2.24, 2.45) is 0 Å². The molecule has 0 radical (unpaired) electrons. The maximum absolute atomic E-state index is 11.7. The minimum atomic E-state index is -3.36. The van der Waals surface area contributed by atoms with Crippen LogP contribution in [0.2, 0.25) is 15.1 Å². The SMILES string of the molecule is CCCCC(=O)c1ccc(Cl)c([N+](=O)[O-])c1.CCCCC(=O)c1ccc(NC)c(N)c1.CCCCC(=O)c1ccc(NC)c([N+](=O)[O-])c1.CSc1nc2cc(C)ccc2o1.Cc1ccc(O)c(N)c1.Cc1ccc(O)c([N+](=O)[O-])c1.Cc1ccc2oc(=S)[nH]c2c1.Cc1ccc2oc(S(C)(=O)=O)nc2c1.O=C(Cl)c1ccc(Cl)c([N+](=O)[O-])c1.O=C(O)c1ccc(Cl)c([N+](=O)[O-])c1. The highest BCUT2D eigenvalue weighted by Gasteiger charge is 2.22. The molecule has 0 spiro atoms. The number of Topliss-reactive ketones (excluding diaryl/α,β-unsaturated/α-hetero) is 3. The molecule has 3 heterocycles. The van der Waals surface area contributed by atoms with Crippen molar-refractivity contribution in [1.29, 1.82) is 0 Å². The molecular formula is C89H94Cl4N12O23S3. The number of aromatic amines is 1. The van der Waals surface area contributed by atoms with Crippen molar-refractivity contribution in [3.63, 3.8) is 0 Å². The number of benzene rings is 10. The van der Waals surface area contributed by atoms with Crippen molar-refractivity contribution in [3.05, 3.63) is 308 Å². The van der Waals surface area contributed by atoms with Gasteiger partial charge in [-0.15, -0.1) is 0 Å². The number of nitro groups is 5. The minimum absolute atomic E-state index is 0.0216. The van der Waals surface area contributed by atoms with Crippen molar-refractivity contribution >= 4 is 193 Å². The van der Waals surface area contributed by atoms with Crippen LogP contribution in [0.25, 0.3) is 33.3 Å². The molecule has 0 amide bonds. The van der Waals surface area contributed by atoms with Gasteiger partial charge in [0.15, 0.2) is 39.8 Å². The Morgan fingerprint density at radius 1 is 0.466 bits per heavy atom. The molecule has 35 nitrogen and oxygen atoms in total.